The van der Waals surface area contributed by atoms with Crippen LogP contribution >= 0.6 is 11.9 Å². The summed E-state index contributed by atoms with van der Waals surface area (Å²) in [5, 5.41) is 5.22. The Morgan fingerprint density at radius 3 is 2.50 bits per heavy atom. The van der Waals surface area contributed by atoms with Crippen molar-refractivity contribution in [2.45, 2.75) is 51.0 Å². The number of likely N-dealkylation sites (tertiary alicyclic amines) is 1. The Labute approximate surface area is 206 Å². The van der Waals surface area contributed by atoms with E-state index in [0.717, 1.165) is 52.8 Å². The fraction of sp³-hybridized carbons (Fsp3) is 0.357. The Kier molecular flexibility index (Phi) is 7.91. The standard InChI is InChI=1S/C28H33N3O2S/c1-4-9-27(32)31-17-16-24(20(3)18-31)30-34-26-15-14-25(22-12-7-8-13-23(22)26)29-28(33)21-11-6-5-10-19(21)2/h5-8,10-15,20,24,30H,4,9,16-18H2,1-3H3,(H,29,33). The largest absolute Gasteiger partial charge is 0.342 e. The van der Waals surface area contributed by atoms with Crippen molar-refractivity contribution in [2.75, 3.05) is 18.4 Å². The average Bonchev–Trinajstić information content (AvgIpc) is 2.84. The Hall–Kier alpha value is -2.83. The Morgan fingerprint density at radius 2 is 1.76 bits per heavy atom. The number of benzene rings is 3. The second-order valence-corrected chi connectivity index (χ2v) is 9.99. The van der Waals surface area contributed by atoms with Gasteiger partial charge in [-0.25, -0.2) is 0 Å². The first-order valence-electron chi connectivity index (χ1n) is 12.1. The maximum atomic E-state index is 12.9. The quantitative estimate of drug-likeness (QED) is 0.409. The molecule has 0 aliphatic carbocycles. The first-order chi connectivity index (χ1) is 16.5. The van der Waals surface area contributed by atoms with Gasteiger partial charge in [-0.15, -0.1) is 0 Å². The summed E-state index contributed by atoms with van der Waals surface area (Å²) < 4.78 is 3.66. The van der Waals surface area contributed by atoms with Crippen LogP contribution in [-0.4, -0.2) is 35.8 Å². The van der Waals surface area contributed by atoms with Crippen LogP contribution in [0.2, 0.25) is 0 Å². The number of nitrogens with one attached hydrogen (secondary N) is 2. The van der Waals surface area contributed by atoms with Crippen molar-refractivity contribution in [3.05, 3.63) is 71.8 Å². The summed E-state index contributed by atoms with van der Waals surface area (Å²) >= 11 is 1.64. The third kappa shape index (κ3) is 5.45. The second kappa shape index (κ2) is 11.1. The highest BCUT2D eigenvalue weighted by atomic mass is 32.2. The van der Waals surface area contributed by atoms with E-state index in [2.05, 4.69) is 36.0 Å². The molecule has 2 N–H and O–H groups in total. The molecule has 4 rings (SSSR count). The Balaban J connectivity index is 1.46. The van der Waals surface area contributed by atoms with E-state index < -0.39 is 0 Å². The molecule has 3 aromatic carbocycles. The van der Waals surface area contributed by atoms with Crippen molar-refractivity contribution in [1.29, 1.82) is 0 Å². The van der Waals surface area contributed by atoms with E-state index in [-0.39, 0.29) is 11.8 Å². The summed E-state index contributed by atoms with van der Waals surface area (Å²) in [6.07, 6.45) is 2.49. The third-order valence-corrected chi connectivity index (χ3v) is 7.56. The molecule has 1 aliphatic heterocycles. The first-order valence-corrected chi connectivity index (χ1v) is 12.9. The topological polar surface area (TPSA) is 61.4 Å². The van der Waals surface area contributed by atoms with Crippen molar-refractivity contribution < 1.29 is 9.59 Å². The highest BCUT2D eigenvalue weighted by molar-refractivity contribution is 7.97. The lowest BCUT2D eigenvalue weighted by Gasteiger charge is -2.37. The fourth-order valence-electron chi connectivity index (χ4n) is 4.55. The number of fused-ring (bicyclic) bond motifs is 1. The van der Waals surface area contributed by atoms with Crippen LogP contribution in [0.15, 0.2) is 65.6 Å². The van der Waals surface area contributed by atoms with Gasteiger partial charge >= 0.3 is 0 Å². The van der Waals surface area contributed by atoms with E-state index in [1.165, 1.54) is 0 Å². The monoisotopic (exact) mass is 475 g/mol. The van der Waals surface area contributed by atoms with Gasteiger partial charge in [0.05, 0.1) is 0 Å². The van der Waals surface area contributed by atoms with Gasteiger partial charge in [0.25, 0.3) is 5.91 Å². The second-order valence-electron chi connectivity index (χ2n) is 9.11. The van der Waals surface area contributed by atoms with Gasteiger partial charge in [-0.1, -0.05) is 56.3 Å². The highest BCUT2D eigenvalue weighted by Crippen LogP contribution is 2.33. The predicted molar refractivity (Wildman–Crippen MR) is 141 cm³/mol. The van der Waals surface area contributed by atoms with Gasteiger partial charge in [-0.05, 0) is 66.8 Å². The lowest BCUT2D eigenvalue weighted by molar-refractivity contribution is -0.133. The van der Waals surface area contributed by atoms with Gasteiger partial charge in [-0.3, -0.25) is 14.3 Å². The lowest BCUT2D eigenvalue weighted by atomic mass is 9.94. The summed E-state index contributed by atoms with van der Waals surface area (Å²) in [7, 11) is 0. The molecule has 1 saturated heterocycles. The average molecular weight is 476 g/mol. The lowest BCUT2D eigenvalue weighted by Crippen LogP contribution is -2.48. The number of rotatable bonds is 7. The van der Waals surface area contributed by atoms with Crippen molar-refractivity contribution >= 4 is 40.2 Å². The zero-order valence-corrected chi connectivity index (χ0v) is 21.0. The third-order valence-electron chi connectivity index (χ3n) is 6.56. The van der Waals surface area contributed by atoms with E-state index in [1.807, 2.05) is 60.4 Å². The van der Waals surface area contributed by atoms with E-state index in [0.29, 0.717) is 23.9 Å². The number of piperidine rings is 1. The highest BCUT2D eigenvalue weighted by Gasteiger charge is 2.28. The molecule has 3 aromatic rings. The number of amides is 2. The molecule has 2 atom stereocenters. The summed E-state index contributed by atoms with van der Waals surface area (Å²) in [6.45, 7) is 7.83. The number of aryl methyl sites for hydroxylation is 1. The minimum absolute atomic E-state index is 0.0972. The minimum atomic E-state index is -0.0972. The molecule has 2 unspecified atom stereocenters. The van der Waals surface area contributed by atoms with Crippen LogP contribution in [0.25, 0.3) is 10.8 Å². The summed E-state index contributed by atoms with van der Waals surface area (Å²) in [4.78, 5) is 28.3. The predicted octanol–water partition coefficient (Wildman–Crippen LogP) is 6.03. The number of carbonyl (C=O) groups is 2. The molecular formula is C28H33N3O2S. The van der Waals surface area contributed by atoms with Gasteiger partial charge < -0.3 is 10.2 Å². The van der Waals surface area contributed by atoms with Crippen LogP contribution in [0.3, 0.4) is 0 Å². The van der Waals surface area contributed by atoms with Gasteiger partial charge in [0, 0.05) is 47.1 Å². The molecule has 0 bridgehead atoms. The molecule has 34 heavy (non-hydrogen) atoms. The molecular weight excluding hydrogens is 442 g/mol. The zero-order chi connectivity index (χ0) is 24.1. The Bertz CT molecular complexity index is 1180. The molecule has 6 heteroatoms. The number of nitrogens with zero attached hydrogens (tertiary/aromatic N) is 1. The van der Waals surface area contributed by atoms with Gasteiger partial charge in [0.1, 0.15) is 0 Å². The zero-order valence-electron chi connectivity index (χ0n) is 20.1. The van der Waals surface area contributed by atoms with Crippen LogP contribution < -0.4 is 10.0 Å². The summed E-state index contributed by atoms with van der Waals surface area (Å²) in [6, 6.07) is 20.2. The number of carbonyl (C=O) groups excluding carboxylic acids is 2. The van der Waals surface area contributed by atoms with Crippen molar-refractivity contribution in [1.82, 2.24) is 9.62 Å². The van der Waals surface area contributed by atoms with Gasteiger partial charge in [0.2, 0.25) is 5.91 Å². The van der Waals surface area contributed by atoms with Crippen LogP contribution in [0.1, 0.15) is 49.0 Å². The van der Waals surface area contributed by atoms with Crippen molar-refractivity contribution in [3.8, 4) is 0 Å². The molecule has 0 spiro atoms. The van der Waals surface area contributed by atoms with Crippen LogP contribution in [0.4, 0.5) is 5.69 Å². The SMILES string of the molecule is CCCC(=O)N1CCC(NSc2ccc(NC(=O)c3ccccc3C)c3ccccc23)C(C)C1. The van der Waals surface area contributed by atoms with E-state index in [4.69, 9.17) is 0 Å². The Morgan fingerprint density at radius 1 is 1.03 bits per heavy atom. The maximum Gasteiger partial charge on any atom is 0.255 e. The number of anilines is 1. The molecule has 1 aliphatic rings. The molecule has 1 heterocycles. The normalized spacial score (nSPS) is 18.1. The maximum absolute atomic E-state index is 12.9. The molecule has 0 radical (unpaired) electrons. The number of hydrogen-bond acceptors (Lipinski definition) is 4. The van der Waals surface area contributed by atoms with E-state index in [1.54, 1.807) is 11.9 Å². The van der Waals surface area contributed by atoms with Crippen molar-refractivity contribution in [3.63, 3.8) is 0 Å². The number of hydrogen-bond donors (Lipinski definition) is 2. The van der Waals surface area contributed by atoms with E-state index >= 15 is 0 Å². The van der Waals surface area contributed by atoms with Crippen LogP contribution in [0.5, 0.6) is 0 Å². The minimum Gasteiger partial charge on any atom is -0.342 e. The smallest absolute Gasteiger partial charge is 0.255 e. The molecule has 2 amide bonds. The van der Waals surface area contributed by atoms with Crippen LogP contribution in [-0.2, 0) is 4.79 Å². The molecule has 5 nitrogen and oxygen atoms in total. The molecule has 0 saturated carbocycles. The molecule has 178 valence electrons. The summed E-state index contributed by atoms with van der Waals surface area (Å²) in [5.41, 5.74) is 2.45. The van der Waals surface area contributed by atoms with Gasteiger partial charge in [0.15, 0.2) is 0 Å². The van der Waals surface area contributed by atoms with Gasteiger partial charge in [-0.2, -0.15) is 0 Å². The van der Waals surface area contributed by atoms with Crippen molar-refractivity contribution in [2.24, 2.45) is 5.92 Å². The fourth-order valence-corrected chi connectivity index (χ4v) is 5.60. The molecule has 0 aromatic heterocycles. The van der Waals surface area contributed by atoms with Crippen LogP contribution in [0, 0.1) is 12.8 Å². The molecule has 1 fully saturated rings. The van der Waals surface area contributed by atoms with E-state index in [9.17, 15) is 9.59 Å². The summed E-state index contributed by atoms with van der Waals surface area (Å²) in [5.74, 6) is 0.566. The first kappa shape index (κ1) is 24.3.